The number of hydrogen-bond acceptors (Lipinski definition) is 17. The number of ether oxygens (including phenoxy) is 9. The molecule has 10 unspecified atom stereocenters. The molecule has 298 valence electrons. The number of nitrogens with one attached hydrogen (secondary N) is 1. The molecule has 6 N–H and O–H groups in total. The number of carbonyl (C=O) groups is 2. The largest absolute Gasteiger partial charge is 0.479 e. The van der Waals surface area contributed by atoms with E-state index in [1.807, 2.05) is 31.3 Å². The van der Waals surface area contributed by atoms with Crippen molar-refractivity contribution < 1.29 is 77.8 Å². The highest BCUT2D eigenvalue weighted by molar-refractivity contribution is 5.81. The predicted molar refractivity (Wildman–Crippen MR) is 178 cm³/mol. The van der Waals surface area contributed by atoms with Gasteiger partial charge in [-0.25, -0.2) is 9.48 Å². The van der Waals surface area contributed by atoms with E-state index < -0.39 is 73.3 Å². The Bertz CT molecular complexity index is 1400. The van der Waals surface area contributed by atoms with Gasteiger partial charge in [0.2, 0.25) is 0 Å². The lowest BCUT2D eigenvalue weighted by molar-refractivity contribution is -0.348. The van der Waals surface area contributed by atoms with Gasteiger partial charge in [-0.1, -0.05) is 29.0 Å². The molecule has 0 radical (unpaired) electrons. The number of carboxylic acid groups (broad SMARTS) is 1. The molecule has 0 saturated carbocycles. The average molecular weight is 759 g/mol. The van der Waals surface area contributed by atoms with Crippen LogP contribution < -0.4 is 5.32 Å². The zero-order valence-corrected chi connectivity index (χ0v) is 29.8. The molecule has 53 heavy (non-hydrogen) atoms. The molecular weight excluding hydrogens is 708 g/mol. The molecule has 4 rings (SSSR count). The number of aryl methyl sites for hydroxylation is 1. The van der Waals surface area contributed by atoms with Crippen molar-refractivity contribution in [2.75, 3.05) is 73.6 Å². The van der Waals surface area contributed by atoms with E-state index in [4.69, 9.17) is 42.6 Å². The number of aliphatic hydroxyl groups excluding tert-OH is 4. The standard InChI is InChI=1S/C33H50N4O16/c1-19-5-4-6-20(17-19)21-18-37(36-35-21)8-10-48-12-14-50-16-15-49-13-11-47-9-7-34-30(42)28-26(45-2)22(38)25(41)33(52-28)51-27-23(39)24(40)32(46-3)53-29(27)31(43)44/h4-6,17-18,22-29,32-33,38-41H,7-16H2,1-3H3,(H,34,42)(H,43,44). The van der Waals surface area contributed by atoms with Crippen LogP contribution in [0.1, 0.15) is 5.56 Å². The molecule has 1 amide bonds. The molecule has 0 bridgehead atoms. The number of methoxy groups -OCH3 is 2. The van der Waals surface area contributed by atoms with Crippen LogP contribution in [0.25, 0.3) is 11.3 Å². The van der Waals surface area contributed by atoms with Gasteiger partial charge in [0.15, 0.2) is 24.8 Å². The molecule has 2 fully saturated rings. The second-order valence-electron chi connectivity index (χ2n) is 12.2. The maximum absolute atomic E-state index is 13.0. The van der Waals surface area contributed by atoms with Gasteiger partial charge < -0.3 is 73.5 Å². The van der Waals surface area contributed by atoms with Gasteiger partial charge in [-0.3, -0.25) is 4.79 Å². The summed E-state index contributed by atoms with van der Waals surface area (Å²) in [6.45, 7) is 5.26. The Kier molecular flexibility index (Phi) is 17.3. The van der Waals surface area contributed by atoms with Crippen molar-refractivity contribution in [3.63, 3.8) is 0 Å². The average Bonchev–Trinajstić information content (AvgIpc) is 3.62. The number of amides is 1. The summed E-state index contributed by atoms with van der Waals surface area (Å²) in [5.74, 6) is -2.32. The van der Waals surface area contributed by atoms with Crippen molar-refractivity contribution in [1.82, 2.24) is 20.3 Å². The number of hydrogen-bond donors (Lipinski definition) is 6. The smallest absolute Gasteiger partial charge is 0.335 e. The lowest BCUT2D eigenvalue weighted by Crippen LogP contribution is -2.66. The number of rotatable bonds is 22. The summed E-state index contributed by atoms with van der Waals surface area (Å²) in [4.78, 5) is 24.8. The molecule has 10 atom stereocenters. The van der Waals surface area contributed by atoms with Gasteiger partial charge >= 0.3 is 5.97 Å². The summed E-state index contributed by atoms with van der Waals surface area (Å²) in [5.41, 5.74) is 2.98. The van der Waals surface area contributed by atoms with Crippen LogP contribution >= 0.6 is 0 Å². The second-order valence-corrected chi connectivity index (χ2v) is 12.2. The molecule has 2 aromatic rings. The lowest BCUT2D eigenvalue weighted by Gasteiger charge is -2.45. The highest BCUT2D eigenvalue weighted by atomic mass is 16.7. The molecule has 2 aliphatic rings. The Hall–Kier alpha value is -3.22. The van der Waals surface area contributed by atoms with Crippen molar-refractivity contribution in [2.45, 2.75) is 74.9 Å². The van der Waals surface area contributed by atoms with E-state index in [2.05, 4.69) is 21.7 Å². The number of nitrogens with zero attached hydrogens (tertiary/aromatic N) is 3. The fraction of sp³-hybridized carbons (Fsp3) is 0.697. The molecule has 0 spiro atoms. The van der Waals surface area contributed by atoms with Gasteiger partial charge in [-0.15, -0.1) is 5.10 Å². The van der Waals surface area contributed by atoms with Crippen molar-refractivity contribution in [3.05, 3.63) is 36.0 Å². The minimum absolute atomic E-state index is 0.0358. The highest BCUT2D eigenvalue weighted by Crippen LogP contribution is 2.30. The summed E-state index contributed by atoms with van der Waals surface area (Å²) in [6, 6.07) is 8.07. The number of carbonyl (C=O) groups excluding carboxylic acids is 1. The Morgan fingerprint density at radius 3 is 2.02 bits per heavy atom. The molecule has 1 aromatic heterocycles. The third-order valence-corrected chi connectivity index (χ3v) is 8.37. The van der Waals surface area contributed by atoms with Crippen LogP contribution in [0.15, 0.2) is 30.5 Å². The fourth-order valence-electron chi connectivity index (χ4n) is 5.57. The Labute approximate surface area is 305 Å². The van der Waals surface area contributed by atoms with E-state index in [1.165, 1.54) is 7.11 Å². The van der Waals surface area contributed by atoms with Gasteiger partial charge in [0, 0.05) is 26.3 Å². The second kappa shape index (κ2) is 21.6. The van der Waals surface area contributed by atoms with Crippen molar-refractivity contribution in [3.8, 4) is 11.3 Å². The normalized spacial score (nSPS) is 28.9. The van der Waals surface area contributed by atoms with Crippen molar-refractivity contribution in [1.29, 1.82) is 0 Å². The zero-order chi connectivity index (χ0) is 38.3. The first-order chi connectivity index (χ1) is 25.5. The molecule has 20 nitrogen and oxygen atoms in total. The number of aliphatic hydroxyl groups is 4. The first kappa shape index (κ1) is 42.5. The van der Waals surface area contributed by atoms with Gasteiger partial charge in [0.1, 0.15) is 42.3 Å². The molecule has 2 aliphatic heterocycles. The zero-order valence-electron chi connectivity index (χ0n) is 29.8. The van der Waals surface area contributed by atoms with Gasteiger partial charge in [-0.2, -0.15) is 0 Å². The highest BCUT2D eigenvalue weighted by Gasteiger charge is 2.54. The molecular formula is C33H50N4O16. The van der Waals surface area contributed by atoms with Crippen LogP contribution in [-0.4, -0.2) is 187 Å². The first-order valence-electron chi connectivity index (χ1n) is 17.1. The Balaban J connectivity index is 1.05. The summed E-state index contributed by atoms with van der Waals surface area (Å²) < 4.78 is 50.1. The van der Waals surface area contributed by atoms with E-state index in [0.717, 1.165) is 23.9 Å². The summed E-state index contributed by atoms with van der Waals surface area (Å²) >= 11 is 0. The Morgan fingerprint density at radius 1 is 0.792 bits per heavy atom. The van der Waals surface area contributed by atoms with Gasteiger partial charge in [0.25, 0.3) is 5.91 Å². The fourth-order valence-corrected chi connectivity index (χ4v) is 5.57. The predicted octanol–water partition coefficient (Wildman–Crippen LogP) is -2.54. The topological polar surface area (TPSA) is 261 Å². The van der Waals surface area contributed by atoms with E-state index >= 15 is 0 Å². The van der Waals surface area contributed by atoms with Crippen LogP contribution in [0.2, 0.25) is 0 Å². The number of aromatic nitrogens is 3. The Morgan fingerprint density at radius 2 is 1.40 bits per heavy atom. The van der Waals surface area contributed by atoms with Crippen LogP contribution in [0.4, 0.5) is 0 Å². The molecule has 1 aromatic carbocycles. The first-order valence-corrected chi connectivity index (χ1v) is 17.1. The van der Waals surface area contributed by atoms with Crippen LogP contribution in [0.5, 0.6) is 0 Å². The van der Waals surface area contributed by atoms with Gasteiger partial charge in [-0.05, 0) is 13.0 Å². The maximum atomic E-state index is 13.0. The van der Waals surface area contributed by atoms with E-state index in [-0.39, 0.29) is 26.4 Å². The van der Waals surface area contributed by atoms with E-state index in [9.17, 15) is 35.1 Å². The maximum Gasteiger partial charge on any atom is 0.335 e. The van der Waals surface area contributed by atoms with E-state index in [1.54, 1.807) is 4.68 Å². The number of benzene rings is 1. The minimum Gasteiger partial charge on any atom is -0.479 e. The molecule has 2 saturated heterocycles. The van der Waals surface area contributed by atoms with Crippen molar-refractivity contribution >= 4 is 11.9 Å². The molecule has 20 heteroatoms. The number of carboxylic acids is 1. The summed E-state index contributed by atoms with van der Waals surface area (Å²) in [6.07, 6.45) is -15.0. The third kappa shape index (κ3) is 12.1. The van der Waals surface area contributed by atoms with Crippen molar-refractivity contribution in [2.24, 2.45) is 0 Å². The molecule has 3 heterocycles. The SMILES string of the molecule is COC1OC(C(=O)O)C(OC2OC(C(=O)NCCOCCOCCOCCOCCn3cc(-c4cccc(C)c4)nn3)C(OC)C(O)C2O)C(O)C1O. The summed E-state index contributed by atoms with van der Waals surface area (Å²) in [5, 5.41) is 62.5. The molecule has 0 aliphatic carbocycles. The van der Waals surface area contributed by atoms with Crippen LogP contribution in [0.3, 0.4) is 0 Å². The summed E-state index contributed by atoms with van der Waals surface area (Å²) in [7, 11) is 2.33. The van der Waals surface area contributed by atoms with Crippen LogP contribution in [0, 0.1) is 6.92 Å². The van der Waals surface area contributed by atoms with Gasteiger partial charge in [0.05, 0.1) is 65.6 Å². The lowest BCUT2D eigenvalue weighted by atomic mass is 9.96. The minimum atomic E-state index is -1.86. The van der Waals surface area contributed by atoms with E-state index in [0.29, 0.717) is 39.6 Å². The van der Waals surface area contributed by atoms with Crippen LogP contribution in [-0.2, 0) is 58.8 Å². The number of aliphatic carboxylic acids is 1. The quantitative estimate of drug-likeness (QED) is 0.0676. The monoisotopic (exact) mass is 758 g/mol. The third-order valence-electron chi connectivity index (χ3n) is 8.37.